The Bertz CT molecular complexity index is 1080. The Morgan fingerprint density at radius 3 is 2.83 bits per heavy atom. The maximum absolute atomic E-state index is 12.6. The van der Waals surface area contributed by atoms with E-state index in [4.69, 9.17) is 9.47 Å². The zero-order valence-electron chi connectivity index (χ0n) is 15.3. The third-order valence-electron chi connectivity index (χ3n) is 4.47. The van der Waals surface area contributed by atoms with Crippen molar-refractivity contribution in [3.8, 4) is 11.5 Å². The van der Waals surface area contributed by atoms with Crippen molar-refractivity contribution < 1.29 is 27.5 Å². The summed E-state index contributed by atoms with van der Waals surface area (Å²) in [6.07, 6.45) is -0.162. The highest BCUT2D eigenvalue weighted by Crippen LogP contribution is 2.34. The number of anilines is 1. The molecule has 2 amide bonds. The van der Waals surface area contributed by atoms with Crippen LogP contribution in [0.2, 0.25) is 0 Å². The van der Waals surface area contributed by atoms with Crippen LogP contribution in [0.25, 0.3) is 0 Å². The van der Waals surface area contributed by atoms with Crippen molar-refractivity contribution in [2.45, 2.75) is 22.8 Å². The predicted molar refractivity (Wildman–Crippen MR) is 107 cm³/mol. The molecule has 4 rings (SSSR count). The second-order valence-electron chi connectivity index (χ2n) is 6.53. The lowest BCUT2D eigenvalue weighted by atomic mass is 10.2. The number of thioether (sulfide) groups is 1. The van der Waals surface area contributed by atoms with Crippen molar-refractivity contribution in [3.63, 3.8) is 0 Å². The summed E-state index contributed by atoms with van der Waals surface area (Å²) in [4.78, 5) is 24.5. The first kappa shape index (κ1) is 19.6. The minimum absolute atomic E-state index is 0.0858. The fraction of sp³-hybridized carbons (Fsp3) is 0.263. The number of fused-ring (bicyclic) bond motifs is 2. The highest BCUT2D eigenvalue weighted by molar-refractivity contribution is 8.00. The summed E-state index contributed by atoms with van der Waals surface area (Å²) >= 11 is 1.36. The SMILES string of the molecule is O=C(CCS(=O)(=O)c1ccc2c(c1)NC(=O)CS2)NCc1ccc2c(c1)OCO2. The standard InChI is InChI=1S/C19H18N2O6S2/c22-18(20-9-12-1-3-15-16(7-12)27-11-26-15)5-6-29(24,25)13-2-4-17-14(8-13)21-19(23)10-28-17/h1-4,7-8H,5-6,9-11H2,(H,20,22)(H,21,23). The molecule has 2 aliphatic rings. The molecule has 2 aromatic rings. The lowest BCUT2D eigenvalue weighted by molar-refractivity contribution is -0.120. The van der Waals surface area contributed by atoms with Gasteiger partial charge in [-0.2, -0.15) is 0 Å². The van der Waals surface area contributed by atoms with E-state index in [0.717, 1.165) is 10.5 Å². The molecule has 0 fully saturated rings. The van der Waals surface area contributed by atoms with Crippen LogP contribution in [0.5, 0.6) is 11.5 Å². The predicted octanol–water partition coefficient (Wildman–Crippen LogP) is 1.94. The largest absolute Gasteiger partial charge is 0.454 e. The van der Waals surface area contributed by atoms with Crippen molar-refractivity contribution in [1.82, 2.24) is 5.32 Å². The summed E-state index contributed by atoms with van der Waals surface area (Å²) in [5.41, 5.74) is 1.31. The number of carbonyl (C=O) groups is 2. The fourth-order valence-electron chi connectivity index (χ4n) is 2.94. The molecular weight excluding hydrogens is 416 g/mol. The van der Waals surface area contributed by atoms with Gasteiger partial charge < -0.3 is 20.1 Å². The number of nitrogens with one attached hydrogen (secondary N) is 2. The normalized spacial score (nSPS) is 14.8. The van der Waals surface area contributed by atoms with Gasteiger partial charge in [-0.1, -0.05) is 6.07 Å². The van der Waals surface area contributed by atoms with Gasteiger partial charge in [0.05, 0.1) is 22.1 Å². The van der Waals surface area contributed by atoms with Crippen molar-refractivity contribution in [1.29, 1.82) is 0 Å². The van der Waals surface area contributed by atoms with Crippen LogP contribution in [-0.4, -0.2) is 38.5 Å². The van der Waals surface area contributed by atoms with Gasteiger partial charge in [-0.25, -0.2) is 8.42 Å². The van der Waals surface area contributed by atoms with Crippen LogP contribution in [0.4, 0.5) is 5.69 Å². The maximum Gasteiger partial charge on any atom is 0.234 e. The quantitative estimate of drug-likeness (QED) is 0.715. The molecule has 0 aliphatic carbocycles. The maximum atomic E-state index is 12.6. The molecule has 0 bridgehead atoms. The highest BCUT2D eigenvalue weighted by Gasteiger charge is 2.21. The smallest absolute Gasteiger partial charge is 0.234 e. The Kier molecular flexibility index (Phi) is 5.37. The average Bonchev–Trinajstić information content (AvgIpc) is 3.18. The number of carbonyl (C=O) groups excluding carboxylic acids is 2. The van der Waals surface area contributed by atoms with E-state index in [-0.39, 0.29) is 42.2 Å². The zero-order valence-corrected chi connectivity index (χ0v) is 16.9. The molecule has 8 nitrogen and oxygen atoms in total. The van der Waals surface area contributed by atoms with Crippen molar-refractivity contribution in [2.75, 3.05) is 23.6 Å². The molecule has 0 saturated carbocycles. The number of hydrogen-bond donors (Lipinski definition) is 2. The Morgan fingerprint density at radius 2 is 1.97 bits per heavy atom. The molecule has 2 heterocycles. The number of rotatable bonds is 6. The Balaban J connectivity index is 1.33. The van der Waals surface area contributed by atoms with E-state index >= 15 is 0 Å². The third kappa shape index (κ3) is 4.48. The van der Waals surface area contributed by atoms with Gasteiger partial charge in [-0.15, -0.1) is 11.8 Å². The lowest BCUT2D eigenvalue weighted by Gasteiger charge is -2.17. The van der Waals surface area contributed by atoms with Gasteiger partial charge in [0.2, 0.25) is 18.6 Å². The first-order valence-electron chi connectivity index (χ1n) is 8.85. The monoisotopic (exact) mass is 434 g/mol. The van der Waals surface area contributed by atoms with Crippen LogP contribution in [0.15, 0.2) is 46.2 Å². The molecular formula is C19H18N2O6S2. The van der Waals surface area contributed by atoms with Crippen LogP contribution < -0.4 is 20.1 Å². The zero-order chi connectivity index (χ0) is 20.4. The van der Waals surface area contributed by atoms with Crippen LogP contribution in [-0.2, 0) is 26.0 Å². The minimum atomic E-state index is -3.66. The molecule has 152 valence electrons. The van der Waals surface area contributed by atoms with Gasteiger partial charge >= 0.3 is 0 Å². The average molecular weight is 434 g/mol. The van der Waals surface area contributed by atoms with Crippen LogP contribution >= 0.6 is 11.8 Å². The topological polar surface area (TPSA) is 111 Å². The number of hydrogen-bond acceptors (Lipinski definition) is 7. The molecule has 0 radical (unpaired) electrons. The van der Waals surface area contributed by atoms with E-state index in [1.807, 2.05) is 6.07 Å². The van der Waals surface area contributed by atoms with Gasteiger partial charge in [0.25, 0.3) is 0 Å². The van der Waals surface area contributed by atoms with E-state index in [0.29, 0.717) is 22.9 Å². The van der Waals surface area contributed by atoms with E-state index in [1.165, 1.54) is 23.9 Å². The molecule has 0 aromatic heterocycles. The molecule has 0 atom stereocenters. The van der Waals surface area contributed by atoms with E-state index in [9.17, 15) is 18.0 Å². The molecule has 10 heteroatoms. The Morgan fingerprint density at radius 1 is 1.14 bits per heavy atom. The van der Waals surface area contributed by atoms with Crippen LogP contribution in [0.3, 0.4) is 0 Å². The van der Waals surface area contributed by atoms with Crippen LogP contribution in [0.1, 0.15) is 12.0 Å². The first-order chi connectivity index (χ1) is 13.9. The third-order valence-corrected chi connectivity index (χ3v) is 7.25. The Hall–Kier alpha value is -2.72. The molecule has 29 heavy (non-hydrogen) atoms. The summed E-state index contributed by atoms with van der Waals surface area (Å²) in [6, 6.07) is 9.97. The second kappa shape index (κ2) is 7.96. The van der Waals surface area contributed by atoms with E-state index in [1.54, 1.807) is 18.2 Å². The first-order valence-corrected chi connectivity index (χ1v) is 11.5. The van der Waals surface area contributed by atoms with Crippen molar-refractivity contribution in [3.05, 3.63) is 42.0 Å². The van der Waals surface area contributed by atoms with Gasteiger partial charge in [-0.05, 0) is 35.9 Å². The van der Waals surface area contributed by atoms with Gasteiger partial charge in [-0.3, -0.25) is 9.59 Å². The highest BCUT2D eigenvalue weighted by atomic mass is 32.2. The minimum Gasteiger partial charge on any atom is -0.454 e. The second-order valence-corrected chi connectivity index (χ2v) is 9.65. The number of amides is 2. The summed E-state index contributed by atoms with van der Waals surface area (Å²) in [5, 5.41) is 5.38. The van der Waals surface area contributed by atoms with E-state index in [2.05, 4.69) is 10.6 Å². The molecule has 2 N–H and O–H groups in total. The lowest BCUT2D eigenvalue weighted by Crippen LogP contribution is -2.25. The van der Waals surface area contributed by atoms with E-state index < -0.39 is 9.84 Å². The number of ether oxygens (including phenoxy) is 2. The summed E-state index contributed by atoms with van der Waals surface area (Å²) < 4.78 is 35.7. The van der Waals surface area contributed by atoms with Gasteiger partial charge in [0.15, 0.2) is 21.3 Å². The molecule has 0 saturated heterocycles. The number of sulfone groups is 1. The summed E-state index contributed by atoms with van der Waals surface area (Å²) in [6.45, 7) is 0.436. The van der Waals surface area contributed by atoms with Gasteiger partial charge in [0.1, 0.15) is 0 Å². The molecule has 0 unspecified atom stereocenters. The summed E-state index contributed by atoms with van der Waals surface area (Å²) in [7, 11) is -3.66. The molecule has 0 spiro atoms. The molecule has 2 aliphatic heterocycles. The summed E-state index contributed by atoms with van der Waals surface area (Å²) in [5.74, 6) is 0.735. The van der Waals surface area contributed by atoms with Crippen LogP contribution in [0, 0.1) is 0 Å². The van der Waals surface area contributed by atoms with Gasteiger partial charge in [0, 0.05) is 17.9 Å². The van der Waals surface area contributed by atoms with Crippen molar-refractivity contribution in [2.24, 2.45) is 0 Å². The van der Waals surface area contributed by atoms with Crippen molar-refractivity contribution >= 4 is 39.1 Å². The Labute approximate surface area is 171 Å². The molecule has 2 aromatic carbocycles. The fourth-order valence-corrected chi connectivity index (χ4v) is 4.99. The number of benzene rings is 2.